The highest BCUT2D eigenvalue weighted by molar-refractivity contribution is 5.82. The zero-order valence-corrected chi connectivity index (χ0v) is 12.8. The van der Waals surface area contributed by atoms with E-state index in [4.69, 9.17) is 5.26 Å². The van der Waals surface area contributed by atoms with E-state index in [9.17, 15) is 10.1 Å². The summed E-state index contributed by atoms with van der Waals surface area (Å²) < 4.78 is 0. The van der Waals surface area contributed by atoms with Crippen LogP contribution in [-0.2, 0) is 4.79 Å². The first-order valence-electron chi connectivity index (χ1n) is 7.97. The lowest BCUT2D eigenvalue weighted by Crippen LogP contribution is -2.55. The molecule has 0 radical (unpaired) electrons. The third kappa shape index (κ3) is 3.74. The number of rotatable bonds is 3. The Morgan fingerprint density at radius 2 is 1.86 bits per heavy atom. The highest BCUT2D eigenvalue weighted by Gasteiger charge is 2.36. The Morgan fingerprint density at radius 1 is 1.24 bits per heavy atom. The second-order valence-electron chi connectivity index (χ2n) is 6.36. The molecule has 1 amide bonds. The largest absolute Gasteiger partial charge is 0.336 e. The topological polar surface area (TPSA) is 79.9 Å². The Hall–Kier alpha value is -1.59. The van der Waals surface area contributed by atoms with E-state index in [1.807, 2.05) is 6.92 Å². The molecular weight excluding hydrogens is 264 g/mol. The normalized spacial score (nSPS) is 24.5. The van der Waals surface area contributed by atoms with Gasteiger partial charge in [0.25, 0.3) is 0 Å². The van der Waals surface area contributed by atoms with Gasteiger partial charge in [-0.2, -0.15) is 10.5 Å². The van der Waals surface area contributed by atoms with Crippen molar-refractivity contribution in [1.82, 2.24) is 10.2 Å². The molecule has 5 heteroatoms. The van der Waals surface area contributed by atoms with E-state index in [1.54, 1.807) is 0 Å². The van der Waals surface area contributed by atoms with Crippen LogP contribution in [0.5, 0.6) is 0 Å². The second kappa shape index (κ2) is 6.91. The van der Waals surface area contributed by atoms with Crippen molar-refractivity contribution in [3.8, 4) is 12.1 Å². The van der Waals surface area contributed by atoms with Crippen LogP contribution < -0.4 is 5.32 Å². The van der Waals surface area contributed by atoms with Gasteiger partial charge in [0, 0.05) is 19.0 Å². The molecule has 1 saturated heterocycles. The molecule has 1 aliphatic heterocycles. The fourth-order valence-electron chi connectivity index (χ4n) is 3.34. The molecule has 0 bridgehead atoms. The first-order chi connectivity index (χ1) is 10.1. The molecule has 114 valence electrons. The second-order valence-corrected chi connectivity index (χ2v) is 6.36. The van der Waals surface area contributed by atoms with Gasteiger partial charge in [-0.25, -0.2) is 0 Å². The molecule has 0 spiro atoms. The van der Waals surface area contributed by atoms with Crippen molar-refractivity contribution in [3.63, 3.8) is 0 Å². The van der Waals surface area contributed by atoms with Crippen molar-refractivity contribution < 1.29 is 4.79 Å². The van der Waals surface area contributed by atoms with Gasteiger partial charge < -0.3 is 5.32 Å². The summed E-state index contributed by atoms with van der Waals surface area (Å²) in [5.74, 6) is 0.0779. The minimum atomic E-state index is -0.658. The average Bonchev–Trinajstić information content (AvgIpc) is 2.55. The summed E-state index contributed by atoms with van der Waals surface area (Å²) in [6, 6.07) is 4.41. The molecule has 1 aliphatic carbocycles. The Bertz CT molecular complexity index is 448. The fourth-order valence-corrected chi connectivity index (χ4v) is 3.34. The van der Waals surface area contributed by atoms with Crippen LogP contribution in [-0.4, -0.2) is 35.5 Å². The van der Waals surface area contributed by atoms with Gasteiger partial charge in [-0.3, -0.25) is 9.69 Å². The van der Waals surface area contributed by atoms with Gasteiger partial charge >= 0.3 is 0 Å². The Morgan fingerprint density at radius 3 is 2.38 bits per heavy atom. The quantitative estimate of drug-likeness (QED) is 0.860. The van der Waals surface area contributed by atoms with Crippen LogP contribution in [0.3, 0.4) is 0 Å². The molecule has 0 aromatic rings. The van der Waals surface area contributed by atoms with Crippen molar-refractivity contribution in [3.05, 3.63) is 0 Å². The highest BCUT2D eigenvalue weighted by atomic mass is 16.2. The van der Waals surface area contributed by atoms with Crippen LogP contribution in [0.1, 0.15) is 51.9 Å². The van der Waals surface area contributed by atoms with E-state index in [1.165, 1.54) is 0 Å². The maximum Gasteiger partial charge on any atom is 0.238 e. The van der Waals surface area contributed by atoms with E-state index < -0.39 is 5.54 Å². The number of hydrogen-bond acceptors (Lipinski definition) is 4. The first-order valence-corrected chi connectivity index (χ1v) is 7.97. The molecule has 0 aromatic heterocycles. The molecule has 2 rings (SSSR count). The molecule has 1 heterocycles. The number of nitriles is 2. The van der Waals surface area contributed by atoms with Gasteiger partial charge in [0.1, 0.15) is 5.54 Å². The first kappa shape index (κ1) is 15.8. The molecule has 1 saturated carbocycles. The van der Waals surface area contributed by atoms with Crippen LogP contribution in [0, 0.1) is 28.6 Å². The number of amides is 1. The molecule has 2 fully saturated rings. The summed E-state index contributed by atoms with van der Waals surface area (Å²) in [6.07, 6.45) is 6.36. The summed E-state index contributed by atoms with van der Waals surface area (Å²) in [7, 11) is 0. The average molecular weight is 288 g/mol. The lowest BCUT2D eigenvalue weighted by atomic mass is 9.82. The van der Waals surface area contributed by atoms with Crippen LogP contribution in [0.15, 0.2) is 0 Å². The lowest BCUT2D eigenvalue weighted by Gasteiger charge is -2.37. The van der Waals surface area contributed by atoms with E-state index in [0.29, 0.717) is 0 Å². The fraction of sp³-hybridized carbons (Fsp3) is 0.812. The van der Waals surface area contributed by atoms with Gasteiger partial charge in [-0.1, -0.05) is 19.3 Å². The third-order valence-corrected chi connectivity index (χ3v) is 4.92. The van der Waals surface area contributed by atoms with Crippen molar-refractivity contribution in [2.24, 2.45) is 5.92 Å². The Balaban J connectivity index is 1.91. The molecule has 2 aliphatic rings. The van der Waals surface area contributed by atoms with Crippen molar-refractivity contribution in [1.29, 1.82) is 10.5 Å². The predicted molar refractivity (Wildman–Crippen MR) is 78.9 cm³/mol. The minimum absolute atomic E-state index is 0.0474. The van der Waals surface area contributed by atoms with Gasteiger partial charge in [0.2, 0.25) is 5.91 Å². The van der Waals surface area contributed by atoms with Crippen LogP contribution >= 0.6 is 0 Å². The smallest absolute Gasteiger partial charge is 0.238 e. The summed E-state index contributed by atoms with van der Waals surface area (Å²) in [4.78, 5) is 14.6. The predicted octanol–water partition coefficient (Wildman–Crippen LogP) is 1.95. The number of nitrogens with zero attached hydrogens (tertiary/aromatic N) is 3. The van der Waals surface area contributed by atoms with Crippen molar-refractivity contribution >= 4 is 5.91 Å². The number of likely N-dealkylation sites (tertiary alicyclic amines) is 1. The van der Waals surface area contributed by atoms with E-state index in [0.717, 1.165) is 58.0 Å². The third-order valence-electron chi connectivity index (χ3n) is 4.92. The number of carbonyl (C=O) groups is 1. The summed E-state index contributed by atoms with van der Waals surface area (Å²) in [5.41, 5.74) is -0.658. The van der Waals surface area contributed by atoms with Crippen molar-refractivity contribution in [2.75, 3.05) is 13.1 Å². The van der Waals surface area contributed by atoms with Gasteiger partial charge in [-0.05, 0) is 32.6 Å². The number of nitrogens with one attached hydrogen (secondary N) is 1. The number of carbonyl (C=O) groups excluding carboxylic acids is 1. The number of piperidine rings is 1. The summed E-state index contributed by atoms with van der Waals surface area (Å²) in [6.45, 7) is 3.47. The van der Waals surface area contributed by atoms with Gasteiger partial charge in [-0.15, -0.1) is 0 Å². The summed E-state index contributed by atoms with van der Waals surface area (Å²) >= 11 is 0. The zero-order chi connectivity index (χ0) is 15.3. The molecule has 21 heavy (non-hydrogen) atoms. The molecular formula is C16H24N4O. The van der Waals surface area contributed by atoms with E-state index >= 15 is 0 Å². The molecule has 0 aromatic carbocycles. The minimum Gasteiger partial charge on any atom is -0.336 e. The van der Waals surface area contributed by atoms with Crippen LogP contribution in [0.25, 0.3) is 0 Å². The van der Waals surface area contributed by atoms with Gasteiger partial charge in [0.15, 0.2) is 0 Å². The highest BCUT2D eigenvalue weighted by Crippen LogP contribution is 2.28. The maximum absolute atomic E-state index is 12.5. The standard InChI is InChI=1S/C16H24N4O/c1-13(20-9-5-14(11-17)6-10-20)15(21)19-16(12-18)7-3-2-4-8-16/h13-14H,2-10H2,1H3,(H,19,21). The van der Waals surface area contributed by atoms with E-state index in [-0.39, 0.29) is 17.9 Å². The van der Waals surface area contributed by atoms with Crippen molar-refractivity contribution in [2.45, 2.75) is 63.5 Å². The molecule has 5 nitrogen and oxygen atoms in total. The Labute approximate surface area is 126 Å². The van der Waals surface area contributed by atoms with Crippen LogP contribution in [0.2, 0.25) is 0 Å². The monoisotopic (exact) mass is 288 g/mol. The lowest BCUT2D eigenvalue weighted by molar-refractivity contribution is -0.128. The Kier molecular flexibility index (Phi) is 5.20. The maximum atomic E-state index is 12.5. The zero-order valence-electron chi connectivity index (χ0n) is 12.8. The summed E-state index contributed by atoms with van der Waals surface area (Å²) in [5, 5.41) is 21.4. The SMILES string of the molecule is CC(C(=O)NC1(C#N)CCCCC1)N1CCC(C#N)CC1. The van der Waals surface area contributed by atoms with E-state index in [2.05, 4.69) is 22.4 Å². The van der Waals surface area contributed by atoms with Crippen LogP contribution in [0.4, 0.5) is 0 Å². The van der Waals surface area contributed by atoms with Gasteiger partial charge in [0.05, 0.1) is 18.2 Å². The number of hydrogen-bond donors (Lipinski definition) is 1. The molecule has 1 unspecified atom stereocenters. The molecule has 1 N–H and O–H groups in total. The molecule has 1 atom stereocenters.